The number of furan rings is 1. The van der Waals surface area contributed by atoms with Crippen LogP contribution < -0.4 is 5.32 Å². The maximum atomic E-state index is 12.1. The largest absolute Gasteiger partial charge is 0.469 e. The van der Waals surface area contributed by atoms with Crippen LogP contribution in [0.3, 0.4) is 0 Å². The number of aromatic nitrogens is 4. The highest BCUT2D eigenvalue weighted by Crippen LogP contribution is 2.23. The van der Waals surface area contributed by atoms with Crippen molar-refractivity contribution in [1.29, 1.82) is 0 Å². The summed E-state index contributed by atoms with van der Waals surface area (Å²) in [5.41, 5.74) is 3.80. The predicted octanol–water partition coefficient (Wildman–Crippen LogP) is 2.24. The van der Waals surface area contributed by atoms with Crippen molar-refractivity contribution in [2.75, 3.05) is 0 Å². The van der Waals surface area contributed by atoms with Crippen molar-refractivity contribution in [3.05, 3.63) is 40.9 Å². The lowest BCUT2D eigenvalue weighted by molar-refractivity contribution is -0.121. The zero-order valence-corrected chi connectivity index (χ0v) is 14.8. The van der Waals surface area contributed by atoms with E-state index < -0.39 is 0 Å². The number of hydrogen-bond donors (Lipinski definition) is 1. The molecule has 8 heteroatoms. The second-order valence-corrected chi connectivity index (χ2v) is 5.94. The summed E-state index contributed by atoms with van der Waals surface area (Å²) in [6, 6.07) is 1.78. The molecule has 0 bridgehead atoms. The highest BCUT2D eigenvalue weighted by molar-refractivity contribution is 5.76. The van der Waals surface area contributed by atoms with Crippen LogP contribution in [-0.2, 0) is 24.8 Å². The van der Waals surface area contributed by atoms with E-state index in [4.69, 9.17) is 8.83 Å². The molecule has 8 nitrogen and oxygen atoms in total. The van der Waals surface area contributed by atoms with Crippen molar-refractivity contribution in [3.63, 3.8) is 0 Å². The Bertz CT molecular complexity index is 890. The Morgan fingerprint density at radius 3 is 2.72 bits per heavy atom. The Labute approximate surface area is 145 Å². The van der Waals surface area contributed by atoms with Crippen molar-refractivity contribution in [3.8, 4) is 11.5 Å². The van der Waals surface area contributed by atoms with E-state index in [0.717, 1.165) is 28.3 Å². The normalized spacial score (nSPS) is 11.0. The number of nitrogens with zero attached hydrogens (tertiary/aromatic N) is 4. The van der Waals surface area contributed by atoms with Gasteiger partial charge in [0.25, 0.3) is 5.89 Å². The van der Waals surface area contributed by atoms with Crippen LogP contribution in [0, 0.1) is 20.8 Å². The first kappa shape index (κ1) is 16.9. The van der Waals surface area contributed by atoms with Crippen LogP contribution in [0.5, 0.6) is 0 Å². The van der Waals surface area contributed by atoms with Gasteiger partial charge in [0.2, 0.25) is 11.8 Å². The van der Waals surface area contributed by atoms with Gasteiger partial charge in [0.15, 0.2) is 0 Å². The van der Waals surface area contributed by atoms with Gasteiger partial charge in [0.05, 0.1) is 17.5 Å². The van der Waals surface area contributed by atoms with Crippen LogP contribution in [0.1, 0.15) is 35.0 Å². The Morgan fingerprint density at radius 1 is 1.28 bits per heavy atom. The van der Waals surface area contributed by atoms with Crippen molar-refractivity contribution in [2.24, 2.45) is 7.05 Å². The molecule has 3 aromatic heterocycles. The molecule has 0 fully saturated rings. The standard InChI is InChI=1S/C17H21N5O3/c1-10-14(11(2)22(4)21-10)9-18-15(23)5-6-16-19-20-17(25-16)13-7-8-24-12(13)3/h7-8H,5-6,9H2,1-4H3,(H,18,23). The SMILES string of the molecule is Cc1nn(C)c(C)c1CNC(=O)CCc1nnc(-c2ccoc2C)o1. The molecule has 0 aliphatic rings. The number of hydrogen-bond acceptors (Lipinski definition) is 6. The molecule has 132 valence electrons. The minimum atomic E-state index is -0.0677. The minimum Gasteiger partial charge on any atom is -0.469 e. The molecule has 0 atom stereocenters. The summed E-state index contributed by atoms with van der Waals surface area (Å²) >= 11 is 0. The van der Waals surface area contributed by atoms with Gasteiger partial charge in [-0.15, -0.1) is 10.2 Å². The molecule has 3 aromatic rings. The number of carbonyl (C=O) groups is 1. The fourth-order valence-corrected chi connectivity index (χ4v) is 2.64. The third-order valence-corrected chi connectivity index (χ3v) is 4.24. The quantitative estimate of drug-likeness (QED) is 0.737. The van der Waals surface area contributed by atoms with Crippen molar-refractivity contribution in [2.45, 2.75) is 40.2 Å². The van der Waals surface area contributed by atoms with Gasteiger partial charge in [-0.3, -0.25) is 9.48 Å². The van der Waals surface area contributed by atoms with E-state index in [1.54, 1.807) is 12.3 Å². The molecule has 3 rings (SSSR count). The fourth-order valence-electron chi connectivity index (χ4n) is 2.64. The van der Waals surface area contributed by atoms with Crippen LogP contribution in [0.25, 0.3) is 11.5 Å². The molecule has 1 N–H and O–H groups in total. The second-order valence-electron chi connectivity index (χ2n) is 5.94. The summed E-state index contributed by atoms with van der Waals surface area (Å²) in [7, 11) is 1.89. The van der Waals surface area contributed by atoms with Crippen LogP contribution in [-0.4, -0.2) is 25.9 Å². The van der Waals surface area contributed by atoms with Crippen LogP contribution in [0.4, 0.5) is 0 Å². The lowest BCUT2D eigenvalue weighted by atomic mass is 10.2. The summed E-state index contributed by atoms with van der Waals surface area (Å²) in [5.74, 6) is 1.49. The highest BCUT2D eigenvalue weighted by atomic mass is 16.4. The number of nitrogens with one attached hydrogen (secondary N) is 1. The lowest BCUT2D eigenvalue weighted by Crippen LogP contribution is -2.23. The number of amides is 1. The van der Waals surface area contributed by atoms with Crippen LogP contribution in [0.2, 0.25) is 0 Å². The summed E-state index contributed by atoms with van der Waals surface area (Å²) in [4.78, 5) is 12.1. The van der Waals surface area contributed by atoms with E-state index in [-0.39, 0.29) is 12.3 Å². The maximum absolute atomic E-state index is 12.1. The molecule has 3 heterocycles. The molecule has 0 saturated carbocycles. The number of carbonyl (C=O) groups excluding carboxylic acids is 1. The Hall–Kier alpha value is -2.90. The van der Waals surface area contributed by atoms with E-state index >= 15 is 0 Å². The van der Waals surface area contributed by atoms with E-state index in [9.17, 15) is 4.79 Å². The monoisotopic (exact) mass is 343 g/mol. The van der Waals surface area contributed by atoms with Crippen LogP contribution >= 0.6 is 0 Å². The zero-order chi connectivity index (χ0) is 18.0. The molecule has 0 radical (unpaired) electrons. The molecule has 1 amide bonds. The molecule has 0 unspecified atom stereocenters. The van der Waals surface area contributed by atoms with Crippen molar-refractivity contribution in [1.82, 2.24) is 25.3 Å². The van der Waals surface area contributed by atoms with Gasteiger partial charge in [0.1, 0.15) is 5.76 Å². The number of rotatable bonds is 6. The van der Waals surface area contributed by atoms with E-state index in [1.165, 1.54) is 0 Å². The first-order chi connectivity index (χ1) is 12.0. The average molecular weight is 343 g/mol. The molecule has 25 heavy (non-hydrogen) atoms. The lowest BCUT2D eigenvalue weighted by Gasteiger charge is -2.05. The second kappa shape index (κ2) is 6.92. The molecule has 0 spiro atoms. The van der Waals surface area contributed by atoms with Gasteiger partial charge in [-0.25, -0.2) is 0 Å². The Balaban J connectivity index is 1.53. The Morgan fingerprint density at radius 2 is 2.08 bits per heavy atom. The third-order valence-electron chi connectivity index (χ3n) is 4.24. The maximum Gasteiger partial charge on any atom is 0.251 e. The molecule has 0 saturated heterocycles. The van der Waals surface area contributed by atoms with Gasteiger partial charge in [-0.1, -0.05) is 0 Å². The summed E-state index contributed by atoms with van der Waals surface area (Å²) in [6.07, 6.45) is 2.25. The molecule has 0 aliphatic carbocycles. The third kappa shape index (κ3) is 3.62. The fraction of sp³-hybridized carbons (Fsp3) is 0.412. The predicted molar refractivity (Wildman–Crippen MR) is 89.6 cm³/mol. The number of aryl methyl sites for hydroxylation is 4. The molecule has 0 aliphatic heterocycles. The first-order valence-corrected chi connectivity index (χ1v) is 8.08. The first-order valence-electron chi connectivity index (χ1n) is 8.08. The van der Waals surface area contributed by atoms with Crippen molar-refractivity contribution < 1.29 is 13.6 Å². The zero-order valence-electron chi connectivity index (χ0n) is 14.8. The Kier molecular flexibility index (Phi) is 4.69. The molecule has 0 aromatic carbocycles. The minimum absolute atomic E-state index is 0.0677. The van der Waals surface area contributed by atoms with Gasteiger partial charge in [-0.2, -0.15) is 5.10 Å². The van der Waals surface area contributed by atoms with Gasteiger partial charge in [0, 0.05) is 37.7 Å². The summed E-state index contributed by atoms with van der Waals surface area (Å²) < 4.78 is 12.6. The average Bonchev–Trinajstić information content (AvgIpc) is 3.25. The highest BCUT2D eigenvalue weighted by Gasteiger charge is 2.14. The smallest absolute Gasteiger partial charge is 0.251 e. The molecular weight excluding hydrogens is 322 g/mol. The summed E-state index contributed by atoms with van der Waals surface area (Å²) in [5, 5.41) is 15.2. The van der Waals surface area contributed by atoms with E-state index in [1.807, 2.05) is 32.5 Å². The van der Waals surface area contributed by atoms with Gasteiger partial charge < -0.3 is 14.2 Å². The topological polar surface area (TPSA) is 99.0 Å². The van der Waals surface area contributed by atoms with Crippen LogP contribution in [0.15, 0.2) is 21.2 Å². The van der Waals surface area contributed by atoms with Gasteiger partial charge >= 0.3 is 0 Å². The van der Waals surface area contributed by atoms with Crippen molar-refractivity contribution >= 4 is 5.91 Å². The van der Waals surface area contributed by atoms with Gasteiger partial charge in [-0.05, 0) is 26.8 Å². The van der Waals surface area contributed by atoms with E-state index in [2.05, 4.69) is 20.6 Å². The summed E-state index contributed by atoms with van der Waals surface area (Å²) in [6.45, 7) is 6.22. The molecular formula is C17H21N5O3. The van der Waals surface area contributed by atoms with E-state index in [0.29, 0.717) is 24.7 Å².